The number of hydrogen-bond donors (Lipinski definition) is 2. The van der Waals surface area contributed by atoms with Gasteiger partial charge in [-0.2, -0.15) is 0 Å². The quantitative estimate of drug-likeness (QED) is 0.791. The largest absolute Gasteiger partial charge is 0.379 e. The number of piperidine rings is 1. The molecule has 1 aromatic rings. The van der Waals surface area contributed by atoms with Crippen LogP contribution in [0.3, 0.4) is 0 Å². The molecule has 3 atom stereocenters. The van der Waals surface area contributed by atoms with Crippen LogP contribution in [0.4, 0.5) is 0 Å². The number of pyridine rings is 1. The van der Waals surface area contributed by atoms with Crippen LogP contribution in [0.2, 0.25) is 0 Å². The van der Waals surface area contributed by atoms with E-state index in [9.17, 15) is 0 Å². The first-order valence-electron chi connectivity index (χ1n) is 8.40. The average molecular weight is 304 g/mol. The summed E-state index contributed by atoms with van der Waals surface area (Å²) in [6, 6.07) is 5.81. The molecular formula is C17H28N4O. The molecule has 3 rings (SSSR count). The minimum Gasteiger partial charge on any atom is -0.379 e. The molecular weight excluding hydrogens is 276 g/mol. The lowest BCUT2D eigenvalue weighted by Gasteiger charge is -2.39. The molecule has 2 saturated heterocycles. The highest BCUT2D eigenvalue weighted by Crippen LogP contribution is 2.35. The van der Waals surface area contributed by atoms with Gasteiger partial charge in [0.15, 0.2) is 0 Å². The van der Waals surface area contributed by atoms with Gasteiger partial charge in [-0.3, -0.25) is 9.88 Å². The van der Waals surface area contributed by atoms with E-state index < -0.39 is 0 Å². The van der Waals surface area contributed by atoms with Crippen LogP contribution in [0.1, 0.15) is 31.2 Å². The Hall–Kier alpha value is -1.01. The van der Waals surface area contributed by atoms with Crippen molar-refractivity contribution in [3.05, 3.63) is 30.1 Å². The number of hydrogen-bond acceptors (Lipinski definition) is 5. The van der Waals surface area contributed by atoms with Gasteiger partial charge >= 0.3 is 0 Å². The Morgan fingerprint density at radius 3 is 2.82 bits per heavy atom. The van der Waals surface area contributed by atoms with Gasteiger partial charge in [-0.05, 0) is 37.3 Å². The maximum Gasteiger partial charge on any atom is 0.0822 e. The number of nitrogens with one attached hydrogen (secondary N) is 1. The molecule has 3 N–H and O–H groups in total. The van der Waals surface area contributed by atoms with E-state index in [2.05, 4.69) is 21.3 Å². The van der Waals surface area contributed by atoms with Crippen molar-refractivity contribution >= 4 is 0 Å². The van der Waals surface area contributed by atoms with Gasteiger partial charge in [-0.1, -0.05) is 6.07 Å². The molecule has 2 fully saturated rings. The van der Waals surface area contributed by atoms with E-state index >= 15 is 0 Å². The van der Waals surface area contributed by atoms with Crippen molar-refractivity contribution in [2.75, 3.05) is 20.2 Å². The van der Waals surface area contributed by atoms with Crippen LogP contribution in [-0.4, -0.2) is 54.3 Å². The normalized spacial score (nSPS) is 29.6. The monoisotopic (exact) mass is 304 g/mol. The topological polar surface area (TPSA) is 63.4 Å². The Kier molecular flexibility index (Phi) is 5.41. The molecule has 2 aliphatic heterocycles. The highest BCUT2D eigenvalue weighted by molar-refractivity contribution is 5.07. The van der Waals surface area contributed by atoms with Gasteiger partial charge in [0.25, 0.3) is 0 Å². The molecule has 1 aromatic heterocycles. The van der Waals surface area contributed by atoms with E-state index in [4.69, 9.17) is 10.5 Å². The Morgan fingerprint density at radius 1 is 1.41 bits per heavy atom. The van der Waals surface area contributed by atoms with Crippen molar-refractivity contribution in [2.24, 2.45) is 5.73 Å². The second-order valence-electron chi connectivity index (χ2n) is 6.66. The maximum absolute atomic E-state index is 6.15. The van der Waals surface area contributed by atoms with Gasteiger partial charge in [0, 0.05) is 57.3 Å². The molecule has 0 aliphatic carbocycles. The number of rotatable bonds is 7. The molecule has 0 spiro atoms. The van der Waals surface area contributed by atoms with Crippen LogP contribution < -0.4 is 11.1 Å². The van der Waals surface area contributed by atoms with Crippen molar-refractivity contribution in [2.45, 2.75) is 56.5 Å². The van der Waals surface area contributed by atoms with Gasteiger partial charge in [0.2, 0.25) is 0 Å². The number of nitrogens with two attached hydrogens (primary N) is 1. The minimum absolute atomic E-state index is 0.231. The third-order valence-corrected chi connectivity index (χ3v) is 5.09. The molecule has 0 aromatic carbocycles. The zero-order valence-corrected chi connectivity index (χ0v) is 13.4. The number of nitrogens with zero attached hydrogens (tertiary/aromatic N) is 2. The Bertz CT molecular complexity index is 441. The molecule has 2 bridgehead atoms. The molecule has 3 unspecified atom stereocenters. The zero-order valence-electron chi connectivity index (χ0n) is 13.4. The Balaban J connectivity index is 1.46. The average Bonchev–Trinajstić information content (AvgIpc) is 2.77. The standard InChI is InChI=1S/C17H28N4O/c1-22-17(11-20-10-13-3-2-6-19-9-13)12-21-15-4-5-16(21)8-14(18)7-15/h2-3,6,9,14-17,20H,4-5,7-8,10-12,18H2,1H3. The lowest BCUT2D eigenvalue weighted by atomic mass is 9.98. The summed E-state index contributed by atoms with van der Waals surface area (Å²) in [5.74, 6) is 0. The number of ether oxygens (including phenoxy) is 1. The van der Waals surface area contributed by atoms with Gasteiger partial charge in [0.05, 0.1) is 6.10 Å². The van der Waals surface area contributed by atoms with E-state index in [0.717, 1.165) is 32.5 Å². The van der Waals surface area contributed by atoms with Crippen LogP contribution >= 0.6 is 0 Å². The fraction of sp³-hybridized carbons (Fsp3) is 0.706. The van der Waals surface area contributed by atoms with Crippen molar-refractivity contribution in [3.8, 4) is 0 Å². The maximum atomic E-state index is 6.15. The van der Waals surface area contributed by atoms with Crippen LogP contribution in [0.15, 0.2) is 24.5 Å². The molecule has 0 radical (unpaired) electrons. The molecule has 2 aliphatic rings. The molecule has 122 valence electrons. The Morgan fingerprint density at radius 2 is 2.18 bits per heavy atom. The predicted molar refractivity (Wildman–Crippen MR) is 87.5 cm³/mol. The molecule has 0 saturated carbocycles. The summed E-state index contributed by atoms with van der Waals surface area (Å²) >= 11 is 0. The van der Waals surface area contributed by atoms with Crippen LogP contribution in [0.25, 0.3) is 0 Å². The summed E-state index contributed by atoms with van der Waals surface area (Å²) in [5, 5.41) is 3.48. The number of methoxy groups -OCH3 is 1. The van der Waals surface area contributed by atoms with E-state index in [1.165, 1.54) is 18.4 Å². The van der Waals surface area contributed by atoms with Crippen molar-refractivity contribution in [3.63, 3.8) is 0 Å². The first kappa shape index (κ1) is 15.9. The SMILES string of the molecule is COC(CNCc1cccnc1)CN1C2CCC1CC(N)C2. The van der Waals surface area contributed by atoms with E-state index in [0.29, 0.717) is 18.1 Å². The summed E-state index contributed by atoms with van der Waals surface area (Å²) in [5.41, 5.74) is 7.36. The van der Waals surface area contributed by atoms with Crippen LogP contribution in [0.5, 0.6) is 0 Å². The molecule has 22 heavy (non-hydrogen) atoms. The van der Waals surface area contributed by atoms with Gasteiger partial charge in [-0.15, -0.1) is 0 Å². The van der Waals surface area contributed by atoms with Crippen molar-refractivity contribution < 1.29 is 4.74 Å². The van der Waals surface area contributed by atoms with E-state index in [-0.39, 0.29) is 6.10 Å². The summed E-state index contributed by atoms with van der Waals surface area (Å²) in [6.07, 6.45) is 8.84. The molecule has 3 heterocycles. The minimum atomic E-state index is 0.231. The lowest BCUT2D eigenvalue weighted by molar-refractivity contribution is 0.0292. The first-order valence-corrected chi connectivity index (χ1v) is 8.40. The van der Waals surface area contributed by atoms with Crippen molar-refractivity contribution in [1.29, 1.82) is 0 Å². The summed E-state index contributed by atoms with van der Waals surface area (Å²) < 4.78 is 5.69. The zero-order chi connectivity index (χ0) is 15.4. The second-order valence-corrected chi connectivity index (χ2v) is 6.66. The van der Waals surface area contributed by atoms with Gasteiger partial charge in [-0.25, -0.2) is 0 Å². The van der Waals surface area contributed by atoms with Gasteiger partial charge in [0.1, 0.15) is 0 Å². The molecule has 5 heteroatoms. The fourth-order valence-corrected chi connectivity index (χ4v) is 3.95. The third kappa shape index (κ3) is 3.84. The number of aromatic nitrogens is 1. The highest BCUT2D eigenvalue weighted by Gasteiger charge is 2.40. The van der Waals surface area contributed by atoms with E-state index in [1.807, 2.05) is 19.4 Å². The lowest BCUT2D eigenvalue weighted by Crippen LogP contribution is -2.51. The van der Waals surface area contributed by atoms with Crippen LogP contribution in [0, 0.1) is 0 Å². The summed E-state index contributed by atoms with van der Waals surface area (Å²) in [4.78, 5) is 6.78. The fourth-order valence-electron chi connectivity index (χ4n) is 3.95. The second kappa shape index (κ2) is 7.51. The highest BCUT2D eigenvalue weighted by atomic mass is 16.5. The van der Waals surface area contributed by atoms with Gasteiger partial charge < -0.3 is 15.8 Å². The summed E-state index contributed by atoms with van der Waals surface area (Å²) in [6.45, 7) is 2.72. The molecule has 5 nitrogen and oxygen atoms in total. The Labute approximate surface area is 133 Å². The third-order valence-electron chi connectivity index (χ3n) is 5.09. The van der Waals surface area contributed by atoms with E-state index in [1.54, 1.807) is 6.20 Å². The molecule has 0 amide bonds. The van der Waals surface area contributed by atoms with Crippen molar-refractivity contribution in [1.82, 2.24) is 15.2 Å². The van der Waals surface area contributed by atoms with Crippen LogP contribution in [-0.2, 0) is 11.3 Å². The number of fused-ring (bicyclic) bond motifs is 2. The predicted octanol–water partition coefficient (Wildman–Crippen LogP) is 1.14. The smallest absolute Gasteiger partial charge is 0.0822 e. The first-order chi connectivity index (χ1) is 10.8. The summed E-state index contributed by atoms with van der Waals surface area (Å²) in [7, 11) is 1.81.